The molecule has 1 saturated carbocycles. The number of amidine groups is 1. The Kier molecular flexibility index (Phi) is 17.4. The maximum absolute atomic E-state index is 11.4. The molecular formula is C36H53BrN4O3S2. The normalized spacial score (nSPS) is 19.2. The van der Waals surface area contributed by atoms with Crippen molar-refractivity contribution in [2.24, 2.45) is 22.1 Å². The maximum atomic E-state index is 11.4. The van der Waals surface area contributed by atoms with Crippen LogP contribution in [0.25, 0.3) is 0 Å². The fraction of sp³-hybridized carbons (Fsp3) is 0.528. The second-order valence-electron chi connectivity index (χ2n) is 11.9. The number of aromatic hydroxyl groups is 1. The second-order valence-corrected chi connectivity index (χ2v) is 13.8. The van der Waals surface area contributed by atoms with Crippen LogP contribution < -0.4 is 15.8 Å². The molecule has 2 bridgehead atoms. The van der Waals surface area contributed by atoms with E-state index in [0.29, 0.717) is 45.2 Å². The summed E-state index contributed by atoms with van der Waals surface area (Å²) in [5, 5.41) is 13.9. The first-order valence-electron chi connectivity index (χ1n) is 16.2. The van der Waals surface area contributed by atoms with Crippen molar-refractivity contribution in [1.29, 1.82) is 0 Å². The predicted octanol–water partition coefficient (Wildman–Crippen LogP) is 8.85. The average molecular weight is 734 g/mol. The second kappa shape index (κ2) is 20.1. The number of nitrogens with two attached hydrogens (primary N) is 1. The highest BCUT2D eigenvalue weighted by Gasteiger charge is 2.47. The molecule has 5 rings (SSSR count). The number of fused-ring (bicyclic) bond motifs is 3. The minimum atomic E-state index is 0.0438. The van der Waals surface area contributed by atoms with Crippen molar-refractivity contribution in [3.8, 4) is 11.5 Å². The van der Waals surface area contributed by atoms with Crippen LogP contribution >= 0.6 is 39.9 Å². The lowest BCUT2D eigenvalue weighted by Gasteiger charge is -2.49. The smallest absolute Gasteiger partial charge is 0.199 e. The van der Waals surface area contributed by atoms with E-state index in [4.69, 9.17) is 22.7 Å². The molecule has 254 valence electrons. The molecule has 0 amide bonds. The van der Waals surface area contributed by atoms with Crippen molar-refractivity contribution in [3.63, 3.8) is 0 Å². The van der Waals surface area contributed by atoms with Crippen LogP contribution in [0.3, 0.4) is 0 Å². The number of nitrogens with one attached hydrogen (secondary N) is 1. The number of thiocarbonyl (C=S) groups is 1. The zero-order valence-electron chi connectivity index (χ0n) is 28.6. The van der Waals surface area contributed by atoms with Gasteiger partial charge >= 0.3 is 0 Å². The van der Waals surface area contributed by atoms with Crippen molar-refractivity contribution in [3.05, 3.63) is 65.2 Å². The number of ether oxygens (including phenoxy) is 1. The summed E-state index contributed by atoms with van der Waals surface area (Å²) >= 11 is 10.1. The van der Waals surface area contributed by atoms with Crippen LogP contribution in [0.1, 0.15) is 82.6 Å². The van der Waals surface area contributed by atoms with Gasteiger partial charge in [0.05, 0.1) is 5.33 Å². The lowest BCUT2D eigenvalue weighted by Crippen LogP contribution is -2.42. The van der Waals surface area contributed by atoms with E-state index in [9.17, 15) is 9.90 Å². The molecular weight excluding hydrogens is 680 g/mol. The Hall–Kier alpha value is -2.40. The average Bonchev–Trinajstić information content (AvgIpc) is 3.37. The molecule has 1 fully saturated rings. The quantitative estimate of drug-likeness (QED) is 0.0526. The third-order valence-corrected chi connectivity index (χ3v) is 10.4. The fourth-order valence-electron chi connectivity index (χ4n) is 5.33. The summed E-state index contributed by atoms with van der Waals surface area (Å²) in [5.74, 6) is 2.84. The number of rotatable bonds is 11. The molecule has 46 heavy (non-hydrogen) atoms. The molecule has 0 saturated heterocycles. The zero-order chi connectivity index (χ0) is 34.3. The van der Waals surface area contributed by atoms with Crippen LogP contribution in [0, 0.1) is 11.3 Å². The molecule has 2 aromatic carbocycles. The van der Waals surface area contributed by atoms with E-state index < -0.39 is 0 Å². The van der Waals surface area contributed by atoms with Crippen LogP contribution in [0.2, 0.25) is 0 Å². The Morgan fingerprint density at radius 2 is 1.96 bits per heavy atom. The molecule has 3 unspecified atom stereocenters. The fourth-order valence-corrected chi connectivity index (χ4v) is 7.01. The van der Waals surface area contributed by atoms with Gasteiger partial charge in [-0.1, -0.05) is 73.5 Å². The number of hydrogen-bond acceptors (Lipinski definition) is 6. The van der Waals surface area contributed by atoms with Crippen LogP contribution in [0.4, 0.5) is 5.69 Å². The number of ketones is 1. The van der Waals surface area contributed by atoms with Gasteiger partial charge in [0.2, 0.25) is 0 Å². The summed E-state index contributed by atoms with van der Waals surface area (Å²) in [7, 11) is 4.09. The van der Waals surface area contributed by atoms with Gasteiger partial charge in [-0.15, -0.1) is 0 Å². The van der Waals surface area contributed by atoms with E-state index in [1.165, 1.54) is 25.7 Å². The van der Waals surface area contributed by atoms with Crippen molar-refractivity contribution in [2.45, 2.75) is 79.2 Å². The Bertz CT molecular complexity index is 1330. The number of aliphatic imine (C=N–C) groups is 1. The third-order valence-electron chi connectivity index (χ3n) is 8.56. The van der Waals surface area contributed by atoms with E-state index in [1.54, 1.807) is 35.5 Å². The Balaban J connectivity index is 0.000000385. The molecule has 0 aromatic heterocycles. The lowest BCUT2D eigenvalue weighted by atomic mass is 9.58. The maximum Gasteiger partial charge on any atom is 0.199 e. The highest BCUT2D eigenvalue weighted by molar-refractivity contribution is 9.09. The first-order chi connectivity index (χ1) is 22.0. The number of nitrogens with zero attached hydrogens (tertiary/aromatic N) is 2. The van der Waals surface area contributed by atoms with Crippen LogP contribution in [0.15, 0.2) is 59.1 Å². The SMILES string of the molecule is CC.CC(COc1ccc(NC(=S)/N=C(\N)SCC23CCCC=C(C2)C3C)cc1)N(C)C.CCCc1cc(C(=O)CBr)ccc1O. The number of phenolic OH excluding ortho intramolecular Hbond substituents is 1. The standard InChI is InChI=1S/C23H34N4OS2.C11H13BrO2.C2H6/c1-16(27(3)4)14-28-20-10-8-19(9-11-20)25-22(29)26-21(24)30-15-23-12-6-5-7-18(13-23)17(23)2;1-2-3-8-6-9(11(14)7-12)4-5-10(8)13;1-2/h7-11,16-17H,5-6,12-15H2,1-4H3,(H3,24,25,26,29);4-6,13H,2-3,7H2,1H3;1-2H3. The van der Waals surface area contributed by atoms with Gasteiger partial charge in [0.15, 0.2) is 16.1 Å². The molecule has 3 aliphatic rings. The van der Waals surface area contributed by atoms with E-state index >= 15 is 0 Å². The van der Waals surface area contributed by atoms with Gasteiger partial charge in [-0.3, -0.25) is 4.79 Å². The molecule has 10 heteroatoms. The molecule has 7 nitrogen and oxygen atoms in total. The zero-order valence-corrected chi connectivity index (χ0v) is 31.8. The number of Topliss-reactive ketones (excluding diaryl/α,β-unsaturated/α-hetero) is 1. The van der Waals surface area contributed by atoms with Gasteiger partial charge < -0.3 is 25.8 Å². The number of alkyl halides is 1. The third kappa shape index (κ3) is 12.0. The number of phenols is 1. The van der Waals surface area contributed by atoms with E-state index in [2.05, 4.69) is 51.1 Å². The number of aryl methyl sites for hydroxylation is 1. The Morgan fingerprint density at radius 3 is 2.57 bits per heavy atom. The number of benzene rings is 2. The number of hydrogen-bond donors (Lipinski definition) is 3. The van der Waals surface area contributed by atoms with Gasteiger partial charge in [-0.25, -0.2) is 0 Å². The molecule has 0 radical (unpaired) electrons. The number of thioether (sulfide) groups is 1. The molecule has 2 aromatic rings. The summed E-state index contributed by atoms with van der Waals surface area (Å²) in [6.45, 7) is 11.2. The molecule has 0 heterocycles. The van der Waals surface area contributed by atoms with Gasteiger partial charge in [0.25, 0.3) is 0 Å². The summed E-state index contributed by atoms with van der Waals surface area (Å²) in [5.41, 5.74) is 10.6. The van der Waals surface area contributed by atoms with Crippen molar-refractivity contribution in [2.75, 3.05) is 37.1 Å². The highest BCUT2D eigenvalue weighted by atomic mass is 79.9. The predicted molar refractivity (Wildman–Crippen MR) is 205 cm³/mol. The molecule has 0 spiro atoms. The van der Waals surface area contributed by atoms with E-state index in [1.807, 2.05) is 59.1 Å². The minimum Gasteiger partial charge on any atom is -0.508 e. The van der Waals surface area contributed by atoms with Crippen LogP contribution in [-0.2, 0) is 6.42 Å². The van der Waals surface area contributed by atoms with Gasteiger partial charge in [0, 0.05) is 23.0 Å². The van der Waals surface area contributed by atoms with Crippen molar-refractivity contribution in [1.82, 2.24) is 4.90 Å². The highest BCUT2D eigenvalue weighted by Crippen LogP contribution is 2.57. The topological polar surface area (TPSA) is 100 Å². The van der Waals surface area contributed by atoms with E-state index in [-0.39, 0.29) is 11.5 Å². The minimum absolute atomic E-state index is 0.0438. The summed E-state index contributed by atoms with van der Waals surface area (Å²) in [6.07, 6.45) is 9.20. The van der Waals surface area contributed by atoms with Crippen LogP contribution in [0.5, 0.6) is 11.5 Å². The number of likely N-dealkylation sites (N-methyl/N-ethyl adjacent to an activating group) is 1. The van der Waals surface area contributed by atoms with Gasteiger partial charge in [0.1, 0.15) is 18.1 Å². The monoisotopic (exact) mass is 732 g/mol. The Labute approximate surface area is 295 Å². The molecule has 4 N–H and O–H groups in total. The largest absolute Gasteiger partial charge is 0.508 e. The van der Waals surface area contributed by atoms with Crippen molar-refractivity contribution < 1.29 is 14.6 Å². The summed E-state index contributed by atoms with van der Waals surface area (Å²) in [4.78, 5) is 17.9. The lowest BCUT2D eigenvalue weighted by molar-refractivity contribution is 0.102. The summed E-state index contributed by atoms with van der Waals surface area (Å²) < 4.78 is 5.82. The number of carbonyl (C=O) groups excluding carboxylic acids is 1. The van der Waals surface area contributed by atoms with Crippen LogP contribution in [-0.4, -0.2) is 63.9 Å². The summed E-state index contributed by atoms with van der Waals surface area (Å²) in [6, 6.07) is 13.1. The first kappa shape index (κ1) is 39.8. The number of anilines is 1. The van der Waals surface area contributed by atoms with Gasteiger partial charge in [-0.2, -0.15) is 4.99 Å². The number of carbonyl (C=O) groups is 1. The van der Waals surface area contributed by atoms with Gasteiger partial charge in [-0.05, 0) is 125 Å². The first-order valence-corrected chi connectivity index (χ1v) is 18.8. The number of allylic oxidation sites excluding steroid dienone is 2. The number of halogens is 1. The molecule has 3 atom stereocenters. The molecule has 3 aliphatic carbocycles. The molecule has 0 aliphatic heterocycles. The Morgan fingerprint density at radius 1 is 1.26 bits per heavy atom. The van der Waals surface area contributed by atoms with E-state index in [0.717, 1.165) is 35.6 Å². The van der Waals surface area contributed by atoms with Crippen molar-refractivity contribution >= 4 is 61.7 Å².